The standard InChI is InChI=1S/C15H15ClN2O/c16-8-10-7-15(19)18(9-10)14-6-2-3-11-12(14)4-1-5-13(11)17/h1-6,10H,7-9,17H2. The molecule has 1 atom stereocenters. The highest BCUT2D eigenvalue weighted by Gasteiger charge is 2.30. The molecular weight excluding hydrogens is 260 g/mol. The third-order valence-corrected chi connectivity index (χ3v) is 4.08. The van der Waals surface area contributed by atoms with E-state index in [1.54, 1.807) is 0 Å². The number of rotatable bonds is 2. The number of hydrogen-bond donors (Lipinski definition) is 1. The van der Waals surface area contributed by atoms with Gasteiger partial charge >= 0.3 is 0 Å². The fraction of sp³-hybridized carbons (Fsp3) is 0.267. The molecule has 1 amide bonds. The molecule has 1 aliphatic rings. The molecule has 1 heterocycles. The lowest BCUT2D eigenvalue weighted by atomic mass is 10.1. The first-order valence-corrected chi connectivity index (χ1v) is 6.87. The van der Waals surface area contributed by atoms with Gasteiger partial charge in [-0.2, -0.15) is 0 Å². The van der Waals surface area contributed by atoms with Crippen LogP contribution >= 0.6 is 11.6 Å². The van der Waals surface area contributed by atoms with Crippen LogP contribution in [0.2, 0.25) is 0 Å². The molecule has 3 rings (SSSR count). The largest absolute Gasteiger partial charge is 0.398 e. The second-order valence-electron chi connectivity index (χ2n) is 4.95. The minimum Gasteiger partial charge on any atom is -0.398 e. The van der Waals surface area contributed by atoms with Crippen LogP contribution in [0.4, 0.5) is 11.4 Å². The van der Waals surface area contributed by atoms with Gasteiger partial charge in [-0.15, -0.1) is 11.6 Å². The first-order chi connectivity index (χ1) is 9.20. The quantitative estimate of drug-likeness (QED) is 0.676. The van der Waals surface area contributed by atoms with Crippen LogP contribution in [0, 0.1) is 5.92 Å². The number of hydrogen-bond acceptors (Lipinski definition) is 2. The summed E-state index contributed by atoms with van der Waals surface area (Å²) in [6, 6.07) is 11.7. The van der Waals surface area contributed by atoms with E-state index in [1.807, 2.05) is 41.3 Å². The summed E-state index contributed by atoms with van der Waals surface area (Å²) in [6.07, 6.45) is 0.530. The number of amides is 1. The van der Waals surface area contributed by atoms with Crippen molar-refractivity contribution < 1.29 is 4.79 Å². The zero-order chi connectivity index (χ0) is 13.4. The van der Waals surface area contributed by atoms with Crippen molar-refractivity contribution >= 4 is 39.7 Å². The van der Waals surface area contributed by atoms with Crippen molar-refractivity contribution in [2.24, 2.45) is 5.92 Å². The van der Waals surface area contributed by atoms with Crippen molar-refractivity contribution in [3.05, 3.63) is 36.4 Å². The van der Waals surface area contributed by atoms with E-state index in [-0.39, 0.29) is 11.8 Å². The Morgan fingerprint density at radius 2 is 1.95 bits per heavy atom. The van der Waals surface area contributed by atoms with Gasteiger partial charge in [0.05, 0.1) is 5.69 Å². The topological polar surface area (TPSA) is 46.3 Å². The average Bonchev–Trinajstić information content (AvgIpc) is 2.80. The molecule has 0 spiro atoms. The van der Waals surface area contributed by atoms with E-state index >= 15 is 0 Å². The summed E-state index contributed by atoms with van der Waals surface area (Å²) in [5, 5.41) is 2.01. The van der Waals surface area contributed by atoms with Crippen LogP contribution in [0.3, 0.4) is 0 Å². The van der Waals surface area contributed by atoms with Crippen LogP contribution in [0.25, 0.3) is 10.8 Å². The number of carbonyl (C=O) groups excluding carboxylic acids is 1. The number of alkyl halides is 1. The summed E-state index contributed by atoms with van der Waals surface area (Å²) in [6.45, 7) is 0.691. The van der Waals surface area contributed by atoms with Crippen molar-refractivity contribution in [1.82, 2.24) is 0 Å². The lowest BCUT2D eigenvalue weighted by Gasteiger charge is -2.19. The maximum absolute atomic E-state index is 12.1. The highest BCUT2D eigenvalue weighted by molar-refractivity contribution is 6.18. The van der Waals surface area contributed by atoms with Gasteiger partial charge in [0, 0.05) is 35.3 Å². The minimum absolute atomic E-state index is 0.139. The summed E-state index contributed by atoms with van der Waals surface area (Å²) in [5.74, 6) is 0.904. The number of benzene rings is 2. The molecule has 3 nitrogen and oxygen atoms in total. The van der Waals surface area contributed by atoms with Gasteiger partial charge in [0.2, 0.25) is 5.91 Å². The van der Waals surface area contributed by atoms with Gasteiger partial charge in [0.15, 0.2) is 0 Å². The lowest BCUT2D eigenvalue weighted by molar-refractivity contribution is -0.117. The minimum atomic E-state index is 0.139. The number of fused-ring (bicyclic) bond motifs is 1. The smallest absolute Gasteiger partial charge is 0.227 e. The fourth-order valence-electron chi connectivity index (χ4n) is 2.67. The van der Waals surface area contributed by atoms with Crippen LogP contribution in [-0.2, 0) is 4.79 Å². The first-order valence-electron chi connectivity index (χ1n) is 6.34. The molecule has 19 heavy (non-hydrogen) atoms. The SMILES string of the molecule is Nc1cccc2c(N3CC(CCl)CC3=O)cccc12. The van der Waals surface area contributed by atoms with E-state index in [0.717, 1.165) is 22.1 Å². The van der Waals surface area contributed by atoms with Crippen LogP contribution in [0.15, 0.2) is 36.4 Å². The molecule has 4 heteroatoms. The number of nitrogens with zero attached hydrogens (tertiary/aromatic N) is 1. The second kappa shape index (κ2) is 4.74. The zero-order valence-corrected chi connectivity index (χ0v) is 11.2. The zero-order valence-electron chi connectivity index (χ0n) is 10.5. The van der Waals surface area contributed by atoms with E-state index in [4.69, 9.17) is 17.3 Å². The molecule has 0 aromatic heterocycles. The normalized spacial score (nSPS) is 19.3. The molecule has 0 aliphatic carbocycles. The Hall–Kier alpha value is -1.74. The van der Waals surface area contributed by atoms with Gasteiger partial charge in [0.1, 0.15) is 0 Å². The average molecular weight is 275 g/mol. The Morgan fingerprint density at radius 3 is 2.68 bits per heavy atom. The molecule has 2 aromatic rings. The fourth-order valence-corrected chi connectivity index (χ4v) is 2.88. The van der Waals surface area contributed by atoms with E-state index < -0.39 is 0 Å². The maximum atomic E-state index is 12.1. The number of nitrogens with two attached hydrogens (primary N) is 1. The van der Waals surface area contributed by atoms with Gasteiger partial charge in [0.25, 0.3) is 0 Å². The highest BCUT2D eigenvalue weighted by Crippen LogP contribution is 2.33. The van der Waals surface area contributed by atoms with Gasteiger partial charge in [-0.3, -0.25) is 4.79 Å². The van der Waals surface area contributed by atoms with E-state index in [1.165, 1.54) is 0 Å². The Kier molecular flexibility index (Phi) is 3.07. The molecule has 2 aromatic carbocycles. The van der Waals surface area contributed by atoms with Crippen molar-refractivity contribution in [2.75, 3.05) is 23.1 Å². The predicted molar refractivity (Wildman–Crippen MR) is 79.5 cm³/mol. The summed E-state index contributed by atoms with van der Waals surface area (Å²) < 4.78 is 0. The van der Waals surface area contributed by atoms with Crippen molar-refractivity contribution in [2.45, 2.75) is 6.42 Å². The molecule has 0 radical (unpaired) electrons. The molecule has 1 aliphatic heterocycles. The van der Waals surface area contributed by atoms with Crippen LogP contribution < -0.4 is 10.6 Å². The van der Waals surface area contributed by atoms with E-state index in [0.29, 0.717) is 18.8 Å². The van der Waals surface area contributed by atoms with Gasteiger partial charge in [-0.25, -0.2) is 0 Å². The lowest BCUT2D eigenvalue weighted by Crippen LogP contribution is -2.24. The third kappa shape index (κ3) is 2.04. The monoisotopic (exact) mass is 274 g/mol. The van der Waals surface area contributed by atoms with Crippen LogP contribution in [-0.4, -0.2) is 18.3 Å². The van der Waals surface area contributed by atoms with E-state index in [9.17, 15) is 4.79 Å². The molecule has 0 bridgehead atoms. The maximum Gasteiger partial charge on any atom is 0.227 e. The van der Waals surface area contributed by atoms with Crippen molar-refractivity contribution in [3.63, 3.8) is 0 Å². The number of halogens is 1. The second-order valence-corrected chi connectivity index (χ2v) is 5.26. The van der Waals surface area contributed by atoms with Crippen LogP contribution in [0.1, 0.15) is 6.42 Å². The first kappa shape index (κ1) is 12.3. The Morgan fingerprint density at radius 1 is 1.21 bits per heavy atom. The third-order valence-electron chi connectivity index (χ3n) is 3.65. The molecule has 1 fully saturated rings. The van der Waals surface area contributed by atoms with Gasteiger partial charge in [-0.05, 0) is 18.1 Å². The Bertz CT molecular complexity index is 641. The molecular formula is C15H15ClN2O. The molecule has 0 saturated carbocycles. The van der Waals surface area contributed by atoms with E-state index in [2.05, 4.69) is 0 Å². The summed E-state index contributed by atoms with van der Waals surface area (Å²) in [7, 11) is 0. The number of carbonyl (C=O) groups is 1. The predicted octanol–water partition coefficient (Wildman–Crippen LogP) is 3.01. The summed E-state index contributed by atoms with van der Waals surface area (Å²) >= 11 is 5.87. The summed E-state index contributed by atoms with van der Waals surface area (Å²) in [4.78, 5) is 13.9. The van der Waals surface area contributed by atoms with Crippen molar-refractivity contribution in [1.29, 1.82) is 0 Å². The Balaban J connectivity index is 2.11. The molecule has 1 saturated heterocycles. The van der Waals surface area contributed by atoms with Crippen molar-refractivity contribution in [3.8, 4) is 0 Å². The van der Waals surface area contributed by atoms with Gasteiger partial charge < -0.3 is 10.6 Å². The molecule has 1 unspecified atom stereocenters. The summed E-state index contributed by atoms with van der Waals surface area (Å²) in [5.41, 5.74) is 7.66. The highest BCUT2D eigenvalue weighted by atomic mass is 35.5. The molecule has 98 valence electrons. The molecule has 2 N–H and O–H groups in total. The number of anilines is 2. The van der Waals surface area contributed by atoms with Gasteiger partial charge in [-0.1, -0.05) is 24.3 Å². The van der Waals surface area contributed by atoms with Crippen LogP contribution in [0.5, 0.6) is 0 Å². The number of nitrogen functional groups attached to an aromatic ring is 1. The Labute approximate surface area is 116 Å².